The number of nitrogens with zero attached hydrogens (tertiary/aromatic N) is 1. The Balaban J connectivity index is 2.03. The standard InChI is InChI=1S/C13H18N2O2S/c1-18(16,17)12-4-2-3-11(13(12)14)15-8-9-5-6-10(15)7-9/h2-4,9-10H,5-8,14H2,1H3. The molecule has 5 heteroatoms. The van der Waals surface area contributed by atoms with Crippen LogP contribution in [0.3, 0.4) is 0 Å². The maximum atomic E-state index is 11.7. The molecule has 2 fully saturated rings. The van der Waals surface area contributed by atoms with Crippen molar-refractivity contribution in [2.75, 3.05) is 23.4 Å². The van der Waals surface area contributed by atoms with Crippen molar-refractivity contribution in [3.8, 4) is 0 Å². The molecule has 0 amide bonds. The molecule has 1 saturated heterocycles. The first-order valence-corrected chi connectivity index (χ1v) is 8.21. The summed E-state index contributed by atoms with van der Waals surface area (Å²) in [6.07, 6.45) is 4.93. The Bertz CT molecular complexity index is 583. The molecule has 2 bridgehead atoms. The molecule has 18 heavy (non-hydrogen) atoms. The van der Waals surface area contributed by atoms with Crippen LogP contribution in [0.1, 0.15) is 19.3 Å². The molecule has 2 atom stereocenters. The fourth-order valence-corrected chi connectivity index (χ4v) is 4.16. The lowest BCUT2D eigenvalue weighted by molar-refractivity contribution is 0.553. The Labute approximate surface area is 108 Å². The quantitative estimate of drug-likeness (QED) is 0.827. The van der Waals surface area contributed by atoms with Crippen LogP contribution in [0.5, 0.6) is 0 Å². The van der Waals surface area contributed by atoms with Gasteiger partial charge < -0.3 is 10.6 Å². The summed E-state index contributed by atoms with van der Waals surface area (Å²) >= 11 is 0. The van der Waals surface area contributed by atoms with Crippen molar-refractivity contribution in [2.24, 2.45) is 5.92 Å². The van der Waals surface area contributed by atoms with Crippen molar-refractivity contribution in [1.82, 2.24) is 0 Å². The molecule has 4 nitrogen and oxygen atoms in total. The van der Waals surface area contributed by atoms with Gasteiger partial charge in [-0.3, -0.25) is 0 Å². The van der Waals surface area contributed by atoms with Gasteiger partial charge in [0, 0.05) is 18.8 Å². The van der Waals surface area contributed by atoms with E-state index in [9.17, 15) is 8.42 Å². The zero-order valence-corrected chi connectivity index (χ0v) is 11.3. The van der Waals surface area contributed by atoms with E-state index in [1.165, 1.54) is 25.5 Å². The van der Waals surface area contributed by atoms with E-state index in [4.69, 9.17) is 5.73 Å². The predicted octanol–water partition coefficient (Wildman–Crippen LogP) is 1.66. The maximum Gasteiger partial charge on any atom is 0.177 e. The molecule has 2 aliphatic rings. The number of nitrogens with two attached hydrogens (primary N) is 1. The normalized spacial score (nSPS) is 26.8. The summed E-state index contributed by atoms with van der Waals surface area (Å²) < 4.78 is 23.4. The fourth-order valence-electron chi connectivity index (χ4n) is 3.33. The lowest BCUT2D eigenvalue weighted by Crippen LogP contribution is -2.32. The summed E-state index contributed by atoms with van der Waals surface area (Å²) in [5.41, 5.74) is 7.36. The Morgan fingerprint density at radius 2 is 2.11 bits per heavy atom. The van der Waals surface area contributed by atoms with Gasteiger partial charge in [0.2, 0.25) is 0 Å². The molecule has 1 aromatic carbocycles. The van der Waals surface area contributed by atoms with E-state index in [1.54, 1.807) is 12.1 Å². The van der Waals surface area contributed by atoms with Gasteiger partial charge in [0.15, 0.2) is 9.84 Å². The van der Waals surface area contributed by atoms with Gasteiger partial charge in [-0.1, -0.05) is 6.07 Å². The molecular weight excluding hydrogens is 248 g/mol. The zero-order chi connectivity index (χ0) is 12.9. The van der Waals surface area contributed by atoms with Gasteiger partial charge in [0.05, 0.1) is 16.3 Å². The number of piperidine rings is 1. The minimum atomic E-state index is -3.25. The van der Waals surface area contributed by atoms with Crippen molar-refractivity contribution >= 4 is 21.2 Å². The van der Waals surface area contributed by atoms with E-state index < -0.39 is 9.84 Å². The number of hydrogen-bond donors (Lipinski definition) is 1. The first kappa shape index (κ1) is 11.8. The van der Waals surface area contributed by atoms with Gasteiger partial charge in [-0.25, -0.2) is 8.42 Å². The summed E-state index contributed by atoms with van der Waals surface area (Å²) in [7, 11) is -3.25. The Morgan fingerprint density at radius 3 is 2.67 bits per heavy atom. The van der Waals surface area contributed by atoms with Crippen molar-refractivity contribution in [3.63, 3.8) is 0 Å². The Morgan fingerprint density at radius 1 is 1.33 bits per heavy atom. The van der Waals surface area contributed by atoms with E-state index in [0.717, 1.165) is 18.2 Å². The average molecular weight is 266 g/mol. The summed E-state index contributed by atoms with van der Waals surface area (Å²) in [5, 5.41) is 0. The highest BCUT2D eigenvalue weighted by molar-refractivity contribution is 7.90. The molecular formula is C13H18N2O2S. The molecule has 98 valence electrons. The van der Waals surface area contributed by atoms with Crippen molar-refractivity contribution in [2.45, 2.75) is 30.2 Å². The molecule has 0 aromatic heterocycles. The second-order valence-corrected chi connectivity index (χ2v) is 7.43. The third-order valence-corrected chi connectivity index (χ3v) is 5.32. The molecule has 1 saturated carbocycles. The fraction of sp³-hybridized carbons (Fsp3) is 0.538. The highest BCUT2D eigenvalue weighted by Gasteiger charge is 2.38. The summed E-state index contributed by atoms with van der Waals surface area (Å²) in [5.74, 6) is 0.760. The number of benzene rings is 1. The molecule has 2 N–H and O–H groups in total. The maximum absolute atomic E-state index is 11.7. The van der Waals surface area contributed by atoms with Crippen LogP contribution >= 0.6 is 0 Å². The van der Waals surface area contributed by atoms with Gasteiger partial charge in [0.25, 0.3) is 0 Å². The summed E-state index contributed by atoms with van der Waals surface area (Å²) in [6.45, 7) is 1.02. The van der Waals surface area contributed by atoms with Gasteiger partial charge >= 0.3 is 0 Å². The van der Waals surface area contributed by atoms with Crippen LogP contribution < -0.4 is 10.6 Å². The van der Waals surface area contributed by atoms with Crippen LogP contribution in [0.2, 0.25) is 0 Å². The number of rotatable bonds is 2. The largest absolute Gasteiger partial charge is 0.396 e. The van der Waals surface area contributed by atoms with Gasteiger partial charge in [-0.05, 0) is 37.3 Å². The first-order chi connectivity index (χ1) is 8.47. The zero-order valence-electron chi connectivity index (χ0n) is 10.5. The molecule has 0 radical (unpaired) electrons. The van der Waals surface area contributed by atoms with Crippen molar-refractivity contribution in [1.29, 1.82) is 0 Å². The molecule has 1 heterocycles. The van der Waals surface area contributed by atoms with E-state index in [2.05, 4.69) is 4.90 Å². The molecule has 1 aromatic rings. The molecule has 3 rings (SSSR count). The smallest absolute Gasteiger partial charge is 0.177 e. The monoisotopic (exact) mass is 266 g/mol. The average Bonchev–Trinajstić information content (AvgIpc) is 2.89. The Hall–Kier alpha value is -1.23. The first-order valence-electron chi connectivity index (χ1n) is 6.32. The van der Waals surface area contributed by atoms with E-state index >= 15 is 0 Å². The third-order valence-electron chi connectivity index (χ3n) is 4.16. The van der Waals surface area contributed by atoms with Crippen LogP contribution in [0.4, 0.5) is 11.4 Å². The number of fused-ring (bicyclic) bond motifs is 2. The SMILES string of the molecule is CS(=O)(=O)c1cccc(N2CC3CCC2C3)c1N. The van der Waals surface area contributed by atoms with Gasteiger partial charge in [0.1, 0.15) is 0 Å². The predicted molar refractivity (Wildman–Crippen MR) is 72.4 cm³/mol. The van der Waals surface area contributed by atoms with Gasteiger partial charge in [-0.15, -0.1) is 0 Å². The third kappa shape index (κ3) is 1.77. The van der Waals surface area contributed by atoms with Crippen LogP contribution in [0.15, 0.2) is 23.1 Å². The van der Waals surface area contributed by atoms with E-state index in [1.807, 2.05) is 6.07 Å². The van der Waals surface area contributed by atoms with Crippen LogP contribution in [0, 0.1) is 5.92 Å². The number of nitrogen functional groups attached to an aromatic ring is 1. The summed E-state index contributed by atoms with van der Waals surface area (Å²) in [6, 6.07) is 5.86. The molecule has 2 unspecified atom stereocenters. The lowest BCUT2D eigenvalue weighted by atomic mass is 10.1. The Kier molecular flexibility index (Phi) is 2.55. The molecule has 1 aliphatic heterocycles. The summed E-state index contributed by atoms with van der Waals surface area (Å²) in [4.78, 5) is 2.54. The van der Waals surface area contributed by atoms with E-state index in [0.29, 0.717) is 11.7 Å². The van der Waals surface area contributed by atoms with Crippen molar-refractivity contribution < 1.29 is 8.42 Å². The number of para-hydroxylation sites is 1. The molecule has 0 spiro atoms. The van der Waals surface area contributed by atoms with Crippen LogP contribution in [-0.2, 0) is 9.84 Å². The van der Waals surface area contributed by atoms with E-state index in [-0.39, 0.29) is 4.90 Å². The molecule has 1 aliphatic carbocycles. The second-order valence-electron chi connectivity index (χ2n) is 5.45. The second kappa shape index (κ2) is 3.88. The highest BCUT2D eigenvalue weighted by atomic mass is 32.2. The van der Waals surface area contributed by atoms with Crippen LogP contribution in [0.25, 0.3) is 0 Å². The minimum absolute atomic E-state index is 0.253. The lowest BCUT2D eigenvalue weighted by Gasteiger charge is -2.30. The topological polar surface area (TPSA) is 63.4 Å². The van der Waals surface area contributed by atoms with Crippen molar-refractivity contribution in [3.05, 3.63) is 18.2 Å². The van der Waals surface area contributed by atoms with Gasteiger partial charge in [-0.2, -0.15) is 0 Å². The number of sulfone groups is 1. The highest BCUT2D eigenvalue weighted by Crippen LogP contribution is 2.42. The minimum Gasteiger partial charge on any atom is -0.396 e. The van der Waals surface area contributed by atoms with Crippen LogP contribution in [-0.4, -0.2) is 27.3 Å². The number of hydrogen-bond acceptors (Lipinski definition) is 4. The number of anilines is 2.